The molecular formula is C27H42N2O8. The van der Waals surface area contributed by atoms with Crippen LogP contribution in [0.1, 0.15) is 12.5 Å². The highest BCUT2D eigenvalue weighted by Gasteiger charge is 2.13. The van der Waals surface area contributed by atoms with Crippen molar-refractivity contribution in [3.63, 3.8) is 0 Å². The van der Waals surface area contributed by atoms with Gasteiger partial charge in [-0.05, 0) is 24.6 Å². The number of hydrogen-bond donors (Lipinski definition) is 0. The fourth-order valence-electron chi connectivity index (χ4n) is 3.81. The third-order valence-electron chi connectivity index (χ3n) is 6.01. The molecule has 2 bridgehead atoms. The van der Waals surface area contributed by atoms with Gasteiger partial charge in [0.1, 0.15) is 19.8 Å². The Morgan fingerprint density at radius 2 is 1.19 bits per heavy atom. The predicted octanol–water partition coefficient (Wildman–Crippen LogP) is 1.76. The first kappa shape index (κ1) is 29.3. The van der Waals surface area contributed by atoms with Crippen LogP contribution in [0.5, 0.6) is 11.5 Å². The number of fused-ring (bicyclic) bond motifs is 18. The van der Waals surface area contributed by atoms with Crippen molar-refractivity contribution in [2.24, 2.45) is 0 Å². The molecule has 3 heterocycles. The van der Waals surface area contributed by atoms with Crippen molar-refractivity contribution < 1.29 is 38.0 Å². The van der Waals surface area contributed by atoms with E-state index in [1.807, 2.05) is 18.2 Å². The summed E-state index contributed by atoms with van der Waals surface area (Å²) in [4.78, 5) is 16.3. The van der Waals surface area contributed by atoms with Gasteiger partial charge in [-0.25, -0.2) is 4.79 Å². The van der Waals surface area contributed by atoms with E-state index in [2.05, 4.69) is 16.4 Å². The SMILES string of the molecule is C=C(C)C(=O)OCc1ccc2c(c1)OCCN1CCOCCOCCN(CCOCCOCC1)CCO2. The molecule has 0 amide bonds. The molecule has 0 saturated carbocycles. The molecule has 10 heteroatoms. The zero-order valence-corrected chi connectivity index (χ0v) is 22.1. The first-order chi connectivity index (χ1) is 18.1. The molecular weight excluding hydrogens is 480 g/mol. The van der Waals surface area contributed by atoms with Crippen LogP contribution in [-0.4, -0.2) is 121 Å². The van der Waals surface area contributed by atoms with Gasteiger partial charge >= 0.3 is 5.97 Å². The summed E-state index contributed by atoms with van der Waals surface area (Å²) in [6.07, 6.45) is 0. The van der Waals surface area contributed by atoms with E-state index in [0.29, 0.717) is 96.2 Å². The molecule has 1 fully saturated rings. The minimum Gasteiger partial charge on any atom is -0.488 e. The monoisotopic (exact) mass is 522 g/mol. The van der Waals surface area contributed by atoms with Crippen molar-refractivity contribution >= 4 is 5.97 Å². The highest BCUT2D eigenvalue weighted by molar-refractivity contribution is 5.86. The molecule has 1 aromatic rings. The molecule has 0 radical (unpaired) electrons. The predicted molar refractivity (Wildman–Crippen MR) is 138 cm³/mol. The van der Waals surface area contributed by atoms with Crippen LogP contribution in [0.15, 0.2) is 30.4 Å². The maximum absolute atomic E-state index is 11.8. The zero-order chi connectivity index (χ0) is 26.1. The van der Waals surface area contributed by atoms with Crippen molar-refractivity contribution in [2.75, 3.05) is 105 Å². The molecule has 0 aromatic heterocycles. The van der Waals surface area contributed by atoms with Gasteiger partial charge < -0.3 is 33.2 Å². The number of carbonyl (C=O) groups is 1. The molecule has 3 aliphatic rings. The lowest BCUT2D eigenvalue weighted by molar-refractivity contribution is -0.140. The summed E-state index contributed by atoms with van der Waals surface area (Å²) in [7, 11) is 0. The van der Waals surface area contributed by atoms with Crippen molar-refractivity contribution in [3.05, 3.63) is 35.9 Å². The van der Waals surface area contributed by atoms with Crippen molar-refractivity contribution in [1.29, 1.82) is 0 Å². The molecule has 10 nitrogen and oxygen atoms in total. The molecule has 1 saturated heterocycles. The minimum atomic E-state index is -0.419. The number of carbonyl (C=O) groups excluding carboxylic acids is 1. The van der Waals surface area contributed by atoms with E-state index < -0.39 is 5.97 Å². The van der Waals surface area contributed by atoms with Gasteiger partial charge in [-0.15, -0.1) is 0 Å². The van der Waals surface area contributed by atoms with Crippen LogP contribution in [0.4, 0.5) is 0 Å². The first-order valence-corrected chi connectivity index (χ1v) is 13.1. The van der Waals surface area contributed by atoms with Crippen LogP contribution >= 0.6 is 0 Å². The number of rotatable bonds is 3. The van der Waals surface area contributed by atoms with Crippen LogP contribution in [0, 0.1) is 0 Å². The molecule has 0 unspecified atom stereocenters. The fraction of sp³-hybridized carbons (Fsp3) is 0.667. The van der Waals surface area contributed by atoms with Gasteiger partial charge in [0.15, 0.2) is 11.5 Å². The lowest BCUT2D eigenvalue weighted by Crippen LogP contribution is -2.36. The third-order valence-corrected chi connectivity index (χ3v) is 6.01. The molecule has 0 aliphatic carbocycles. The number of nitrogens with zero attached hydrogens (tertiary/aromatic N) is 2. The summed E-state index contributed by atoms with van der Waals surface area (Å²) >= 11 is 0. The average Bonchev–Trinajstić information content (AvgIpc) is 2.89. The molecule has 3 aliphatic heterocycles. The lowest BCUT2D eigenvalue weighted by atomic mass is 10.2. The van der Waals surface area contributed by atoms with Crippen molar-refractivity contribution in [2.45, 2.75) is 13.5 Å². The van der Waals surface area contributed by atoms with E-state index in [1.54, 1.807) is 6.92 Å². The Hall–Kier alpha value is -2.21. The van der Waals surface area contributed by atoms with Crippen LogP contribution in [0.25, 0.3) is 0 Å². The maximum atomic E-state index is 11.8. The molecule has 0 atom stereocenters. The number of benzene rings is 1. The number of esters is 1. The van der Waals surface area contributed by atoms with Gasteiger partial charge in [-0.3, -0.25) is 9.80 Å². The highest BCUT2D eigenvalue weighted by Crippen LogP contribution is 2.29. The Morgan fingerprint density at radius 3 is 1.68 bits per heavy atom. The van der Waals surface area contributed by atoms with Crippen molar-refractivity contribution in [1.82, 2.24) is 9.80 Å². The molecule has 4 rings (SSSR count). The quantitative estimate of drug-likeness (QED) is 0.432. The van der Waals surface area contributed by atoms with E-state index >= 15 is 0 Å². The Labute approximate surface area is 220 Å². The van der Waals surface area contributed by atoms with E-state index in [-0.39, 0.29) is 6.61 Å². The summed E-state index contributed by atoms with van der Waals surface area (Å²) in [5.74, 6) is 0.858. The molecule has 1 aromatic carbocycles. The second kappa shape index (κ2) is 17.3. The Morgan fingerprint density at radius 1 is 0.730 bits per heavy atom. The third kappa shape index (κ3) is 11.8. The van der Waals surface area contributed by atoms with Crippen LogP contribution < -0.4 is 9.47 Å². The van der Waals surface area contributed by atoms with Gasteiger partial charge in [0.2, 0.25) is 0 Å². The van der Waals surface area contributed by atoms with E-state index in [9.17, 15) is 4.79 Å². The van der Waals surface area contributed by atoms with Gasteiger partial charge in [-0.1, -0.05) is 12.6 Å². The number of ether oxygens (including phenoxy) is 7. The van der Waals surface area contributed by atoms with Crippen LogP contribution in [-0.2, 0) is 35.1 Å². The summed E-state index contributed by atoms with van der Waals surface area (Å²) in [5.41, 5.74) is 1.18. The standard InChI is InChI=1S/C27H42N2O8/c1-23(2)27(30)37-22-24-3-4-25-26(21-24)36-16-10-29-7-13-33-19-17-31-11-5-28(9-15-35-25)6-12-32-18-20-34-14-8-29/h3-4,21H,1,5-20,22H2,2H3. The molecule has 37 heavy (non-hydrogen) atoms. The van der Waals surface area contributed by atoms with E-state index in [0.717, 1.165) is 31.7 Å². The average molecular weight is 523 g/mol. The molecule has 0 N–H and O–H groups in total. The second-order valence-electron chi connectivity index (χ2n) is 8.97. The first-order valence-electron chi connectivity index (χ1n) is 13.1. The summed E-state index contributed by atoms with van der Waals surface area (Å²) in [6, 6.07) is 5.62. The van der Waals surface area contributed by atoms with Gasteiger partial charge in [0.05, 0.1) is 52.9 Å². The highest BCUT2D eigenvalue weighted by atomic mass is 16.5. The number of hydrogen-bond acceptors (Lipinski definition) is 10. The molecule has 208 valence electrons. The Balaban J connectivity index is 1.74. The molecule has 0 spiro atoms. The zero-order valence-electron chi connectivity index (χ0n) is 22.1. The second-order valence-corrected chi connectivity index (χ2v) is 8.97. The normalized spacial score (nSPS) is 23.5. The maximum Gasteiger partial charge on any atom is 0.333 e. The van der Waals surface area contributed by atoms with Crippen molar-refractivity contribution in [3.8, 4) is 11.5 Å². The lowest BCUT2D eigenvalue weighted by Gasteiger charge is -2.25. The van der Waals surface area contributed by atoms with Gasteiger partial charge in [-0.2, -0.15) is 0 Å². The van der Waals surface area contributed by atoms with Crippen LogP contribution in [0.2, 0.25) is 0 Å². The Bertz CT molecular complexity index is 802. The van der Waals surface area contributed by atoms with Gasteiger partial charge in [0.25, 0.3) is 0 Å². The Kier molecular flexibility index (Phi) is 13.7. The van der Waals surface area contributed by atoms with E-state index in [4.69, 9.17) is 33.2 Å². The topological polar surface area (TPSA) is 88.2 Å². The fourth-order valence-corrected chi connectivity index (χ4v) is 3.81. The smallest absolute Gasteiger partial charge is 0.333 e. The summed E-state index contributed by atoms with van der Waals surface area (Å²) in [6.45, 7) is 15.5. The minimum absolute atomic E-state index is 0.136. The van der Waals surface area contributed by atoms with Gasteiger partial charge in [0, 0.05) is 44.8 Å². The van der Waals surface area contributed by atoms with Crippen LogP contribution in [0.3, 0.4) is 0 Å². The summed E-state index contributed by atoms with van der Waals surface area (Å²) in [5, 5.41) is 0. The summed E-state index contributed by atoms with van der Waals surface area (Å²) < 4.78 is 40.8. The van der Waals surface area contributed by atoms with E-state index in [1.165, 1.54) is 0 Å². The largest absolute Gasteiger partial charge is 0.488 e.